The number of hydrogen-bond acceptors (Lipinski definition) is 9. The second kappa shape index (κ2) is 12.2. The number of esters is 1. The van der Waals surface area contributed by atoms with Gasteiger partial charge in [-0.3, -0.25) is 9.59 Å². The van der Waals surface area contributed by atoms with Gasteiger partial charge in [-0.1, -0.05) is 35.0 Å². The van der Waals surface area contributed by atoms with E-state index in [0.717, 1.165) is 0 Å². The molecule has 2 heterocycles. The van der Waals surface area contributed by atoms with E-state index in [1.54, 1.807) is 30.5 Å². The molecule has 0 saturated heterocycles. The van der Waals surface area contributed by atoms with E-state index < -0.39 is 0 Å². The van der Waals surface area contributed by atoms with E-state index in [1.807, 2.05) is 11.5 Å². The van der Waals surface area contributed by atoms with E-state index >= 15 is 0 Å². The van der Waals surface area contributed by atoms with Crippen molar-refractivity contribution < 1.29 is 19.1 Å². The molecule has 1 N–H and O–H groups in total. The first-order valence-corrected chi connectivity index (χ1v) is 12.5. The molecule has 33 heavy (non-hydrogen) atoms. The summed E-state index contributed by atoms with van der Waals surface area (Å²) >= 11 is 14.5. The van der Waals surface area contributed by atoms with E-state index in [-0.39, 0.29) is 30.7 Å². The monoisotopic (exact) mass is 529 g/mol. The van der Waals surface area contributed by atoms with E-state index in [1.165, 1.54) is 23.1 Å². The molecule has 0 radical (unpaired) electrons. The van der Waals surface area contributed by atoms with Crippen LogP contribution in [0, 0.1) is 0 Å². The fourth-order valence-electron chi connectivity index (χ4n) is 2.68. The van der Waals surface area contributed by atoms with Gasteiger partial charge in [-0.05, 0) is 32.0 Å². The Morgan fingerprint density at radius 3 is 2.79 bits per heavy atom. The number of benzene rings is 1. The lowest BCUT2D eigenvalue weighted by atomic mass is 10.3. The highest BCUT2D eigenvalue weighted by atomic mass is 35.5. The number of carbonyl (C=O) groups is 2. The van der Waals surface area contributed by atoms with Crippen molar-refractivity contribution in [1.82, 2.24) is 19.7 Å². The van der Waals surface area contributed by atoms with Gasteiger partial charge in [0.25, 0.3) is 0 Å². The van der Waals surface area contributed by atoms with Gasteiger partial charge in [-0.15, -0.1) is 21.5 Å². The summed E-state index contributed by atoms with van der Waals surface area (Å²) in [6.07, 6.45) is 0.0701. The zero-order valence-electron chi connectivity index (χ0n) is 17.8. The van der Waals surface area contributed by atoms with Crippen LogP contribution in [0.5, 0.6) is 5.75 Å². The molecule has 0 fully saturated rings. The molecule has 0 atom stereocenters. The van der Waals surface area contributed by atoms with Gasteiger partial charge in [-0.25, -0.2) is 4.98 Å². The summed E-state index contributed by atoms with van der Waals surface area (Å²) in [7, 11) is 0. The van der Waals surface area contributed by atoms with Gasteiger partial charge < -0.3 is 19.4 Å². The Kier molecular flexibility index (Phi) is 9.36. The average molecular weight is 530 g/mol. The quantitative estimate of drug-likeness (QED) is 0.286. The third-order valence-corrected chi connectivity index (χ3v) is 6.43. The predicted octanol–water partition coefficient (Wildman–Crippen LogP) is 4.48. The van der Waals surface area contributed by atoms with Crippen molar-refractivity contribution in [2.45, 2.75) is 38.6 Å². The van der Waals surface area contributed by atoms with Gasteiger partial charge in [0.1, 0.15) is 12.4 Å². The molecule has 0 aliphatic carbocycles. The molecule has 0 spiro atoms. The van der Waals surface area contributed by atoms with Crippen LogP contribution in [-0.4, -0.2) is 44.0 Å². The minimum Gasteiger partial charge on any atom is -0.484 e. The van der Waals surface area contributed by atoms with Crippen molar-refractivity contribution in [1.29, 1.82) is 0 Å². The number of thioether (sulfide) groups is 1. The summed E-state index contributed by atoms with van der Waals surface area (Å²) < 4.78 is 12.5. The Morgan fingerprint density at radius 2 is 2.06 bits per heavy atom. The number of aromatic nitrogens is 4. The number of amides is 1. The molecule has 0 bridgehead atoms. The highest BCUT2D eigenvalue weighted by Gasteiger charge is 2.16. The third kappa shape index (κ3) is 7.32. The van der Waals surface area contributed by atoms with Crippen molar-refractivity contribution in [3.8, 4) is 5.75 Å². The maximum absolute atomic E-state index is 12.3. The van der Waals surface area contributed by atoms with Crippen LogP contribution in [0.4, 0.5) is 5.13 Å². The maximum Gasteiger partial charge on any atom is 0.311 e. The zero-order chi connectivity index (χ0) is 23.8. The van der Waals surface area contributed by atoms with Crippen LogP contribution in [0.1, 0.15) is 25.4 Å². The van der Waals surface area contributed by atoms with E-state index in [4.69, 9.17) is 32.7 Å². The number of rotatable bonds is 11. The first-order valence-electron chi connectivity index (χ1n) is 9.92. The van der Waals surface area contributed by atoms with Gasteiger partial charge >= 0.3 is 5.97 Å². The summed E-state index contributed by atoms with van der Waals surface area (Å²) in [6.45, 7) is 4.78. The molecule has 0 unspecified atom stereocenters. The molecule has 0 saturated carbocycles. The smallest absolute Gasteiger partial charge is 0.311 e. The Morgan fingerprint density at radius 1 is 1.24 bits per heavy atom. The Balaban J connectivity index is 1.53. The summed E-state index contributed by atoms with van der Waals surface area (Å²) in [5, 5.41) is 14.7. The standard InChI is InChI=1S/C20H21Cl2N5O4S2/c1-3-27-16(9-31-15-6-5-12(21)7-14(15)22)25-26-20(27)33-11-17(28)24-19-23-13(10-32-19)8-18(29)30-4-2/h5-7,10H,3-4,8-9,11H2,1-2H3,(H,23,24,28). The third-order valence-electron chi connectivity index (χ3n) is 4.12. The summed E-state index contributed by atoms with van der Waals surface area (Å²) in [5.41, 5.74) is 0.553. The molecular weight excluding hydrogens is 509 g/mol. The topological polar surface area (TPSA) is 108 Å². The largest absolute Gasteiger partial charge is 0.484 e. The van der Waals surface area contributed by atoms with Crippen LogP contribution in [0.15, 0.2) is 28.7 Å². The van der Waals surface area contributed by atoms with Crippen molar-refractivity contribution in [3.05, 3.63) is 45.1 Å². The number of carbonyl (C=O) groups excluding carboxylic acids is 2. The zero-order valence-corrected chi connectivity index (χ0v) is 21.0. The lowest BCUT2D eigenvalue weighted by Crippen LogP contribution is -2.15. The highest BCUT2D eigenvalue weighted by Crippen LogP contribution is 2.28. The number of anilines is 1. The van der Waals surface area contributed by atoms with Crippen LogP contribution in [0.2, 0.25) is 10.0 Å². The second-order valence-electron chi connectivity index (χ2n) is 6.47. The molecule has 176 valence electrons. The lowest BCUT2D eigenvalue weighted by Gasteiger charge is -2.10. The summed E-state index contributed by atoms with van der Waals surface area (Å²) in [4.78, 5) is 28.1. The number of nitrogens with one attached hydrogen (secondary N) is 1. The van der Waals surface area contributed by atoms with Crippen LogP contribution < -0.4 is 10.1 Å². The molecule has 2 aromatic heterocycles. The minimum absolute atomic E-state index is 0.0701. The van der Waals surface area contributed by atoms with Crippen LogP contribution in [0.3, 0.4) is 0 Å². The van der Waals surface area contributed by atoms with Gasteiger partial charge in [0.2, 0.25) is 5.91 Å². The fraction of sp³-hybridized carbons (Fsp3) is 0.350. The second-order valence-corrected chi connectivity index (χ2v) is 9.11. The molecule has 1 amide bonds. The normalized spacial score (nSPS) is 10.8. The van der Waals surface area contributed by atoms with Gasteiger partial charge in [0.15, 0.2) is 16.1 Å². The molecule has 3 rings (SSSR count). The number of ether oxygens (including phenoxy) is 2. The molecular formula is C20H21Cl2N5O4S2. The number of thiazole rings is 1. The van der Waals surface area contributed by atoms with Crippen LogP contribution in [0.25, 0.3) is 0 Å². The minimum atomic E-state index is -0.353. The number of halogens is 2. The van der Waals surface area contributed by atoms with Crippen LogP contribution in [-0.2, 0) is 33.9 Å². The lowest BCUT2D eigenvalue weighted by molar-refractivity contribution is -0.142. The summed E-state index contributed by atoms with van der Waals surface area (Å²) in [6, 6.07) is 4.98. The number of nitrogens with zero attached hydrogens (tertiary/aromatic N) is 4. The van der Waals surface area contributed by atoms with Crippen molar-refractivity contribution in [2.75, 3.05) is 17.7 Å². The molecule has 0 aliphatic rings. The fourth-order valence-corrected chi connectivity index (χ4v) is 4.69. The van der Waals surface area contributed by atoms with Crippen molar-refractivity contribution >= 4 is 63.3 Å². The molecule has 3 aromatic rings. The Hall–Kier alpha value is -2.34. The number of hydrogen-bond donors (Lipinski definition) is 1. The summed E-state index contributed by atoms with van der Waals surface area (Å²) in [5.74, 6) is 0.622. The SMILES string of the molecule is CCOC(=O)Cc1csc(NC(=O)CSc2nnc(COc3ccc(Cl)cc3Cl)n2CC)n1. The predicted molar refractivity (Wildman–Crippen MR) is 128 cm³/mol. The Labute approximate surface area is 208 Å². The Bertz CT molecular complexity index is 1120. The molecule has 9 nitrogen and oxygen atoms in total. The molecule has 0 aliphatic heterocycles. The van der Waals surface area contributed by atoms with Gasteiger partial charge in [0.05, 0.1) is 29.5 Å². The van der Waals surface area contributed by atoms with Gasteiger partial charge in [-0.2, -0.15) is 0 Å². The van der Waals surface area contributed by atoms with Crippen molar-refractivity contribution in [3.63, 3.8) is 0 Å². The molecule has 1 aromatic carbocycles. The van der Waals surface area contributed by atoms with E-state index in [9.17, 15) is 9.59 Å². The van der Waals surface area contributed by atoms with Crippen LogP contribution >= 0.6 is 46.3 Å². The average Bonchev–Trinajstić information content (AvgIpc) is 3.37. The molecule has 13 heteroatoms. The van der Waals surface area contributed by atoms with E-state index in [0.29, 0.717) is 50.8 Å². The highest BCUT2D eigenvalue weighted by molar-refractivity contribution is 7.99. The van der Waals surface area contributed by atoms with Crippen molar-refractivity contribution in [2.24, 2.45) is 0 Å². The maximum atomic E-state index is 12.3. The first-order chi connectivity index (χ1) is 15.9. The van der Waals surface area contributed by atoms with Gasteiger partial charge in [0, 0.05) is 16.9 Å². The first kappa shape index (κ1) is 25.3. The van der Waals surface area contributed by atoms with E-state index in [2.05, 4.69) is 20.5 Å².